The molecule has 3 atom stereocenters. The van der Waals surface area contributed by atoms with Crippen LogP contribution in [0.3, 0.4) is 0 Å². The maximum absolute atomic E-state index is 12.2. The predicted octanol–water partition coefficient (Wildman–Crippen LogP) is 1.23. The van der Waals surface area contributed by atoms with Crippen LogP contribution < -0.4 is 20.9 Å². The highest BCUT2D eigenvalue weighted by molar-refractivity contribution is 7.87. The molecule has 0 fully saturated rings. The first-order chi connectivity index (χ1) is 11.2. The molecule has 0 heterocycles. The van der Waals surface area contributed by atoms with Gasteiger partial charge in [-0.2, -0.15) is 0 Å². The Kier molecular flexibility index (Phi) is 4.09. The number of rotatable bonds is 4. The summed E-state index contributed by atoms with van der Waals surface area (Å²) in [5.74, 6) is 0. The summed E-state index contributed by atoms with van der Waals surface area (Å²) in [4.78, 5) is 23.7. The van der Waals surface area contributed by atoms with Gasteiger partial charge in [0.25, 0.3) is 10.9 Å². The van der Waals surface area contributed by atoms with E-state index in [1.807, 2.05) is 24.3 Å². The lowest BCUT2D eigenvalue weighted by atomic mass is 10.1. The topological polar surface area (TPSA) is 95.5 Å². The molecule has 24 heavy (non-hydrogen) atoms. The molecule has 0 spiro atoms. The maximum atomic E-state index is 12.2. The Hall–Kier alpha value is -1.99. The quantitative estimate of drug-likeness (QED) is 0.722. The van der Waals surface area contributed by atoms with Crippen LogP contribution in [0.4, 0.5) is 11.4 Å². The summed E-state index contributed by atoms with van der Waals surface area (Å²) in [6.45, 7) is 5.31. The molecule has 0 saturated carbocycles. The van der Waals surface area contributed by atoms with Gasteiger partial charge in [0.15, 0.2) is 0 Å². The number of nitrogens with one attached hydrogen (secondary N) is 2. The molecule has 0 bridgehead atoms. The van der Waals surface area contributed by atoms with Crippen molar-refractivity contribution in [2.75, 3.05) is 10.0 Å². The molecule has 1 aliphatic carbocycles. The van der Waals surface area contributed by atoms with Crippen LogP contribution in [0, 0.1) is 0 Å². The van der Waals surface area contributed by atoms with E-state index < -0.39 is 38.7 Å². The van der Waals surface area contributed by atoms with Gasteiger partial charge in [-0.15, -0.1) is 0 Å². The fourth-order valence-corrected chi connectivity index (χ4v) is 3.46. The number of aliphatic hydroxyl groups is 1. The minimum Gasteiger partial charge on any atom is -0.390 e. The first-order valence-electron chi connectivity index (χ1n) is 7.74. The molecular weight excluding hydrogens is 328 g/mol. The highest BCUT2D eigenvalue weighted by atomic mass is 32.2. The van der Waals surface area contributed by atoms with Crippen LogP contribution in [0.15, 0.2) is 33.9 Å². The summed E-state index contributed by atoms with van der Waals surface area (Å²) in [6.07, 6.45) is -0.201. The molecule has 0 radical (unpaired) electrons. The Morgan fingerprint density at radius 2 is 1.75 bits per heavy atom. The molecule has 7 heteroatoms. The second-order valence-electron chi connectivity index (χ2n) is 6.98. The van der Waals surface area contributed by atoms with Crippen molar-refractivity contribution in [1.82, 2.24) is 0 Å². The van der Waals surface area contributed by atoms with Gasteiger partial charge in [0.2, 0.25) is 0 Å². The minimum atomic E-state index is -1.51. The Labute approximate surface area is 142 Å². The lowest BCUT2D eigenvalue weighted by molar-refractivity contribution is 0.166. The fourth-order valence-electron chi connectivity index (χ4n) is 2.78. The molecule has 3 rings (SSSR count). The van der Waals surface area contributed by atoms with E-state index in [2.05, 4.69) is 10.0 Å². The third kappa shape index (κ3) is 2.78. The maximum Gasteiger partial charge on any atom is 0.254 e. The minimum absolute atomic E-state index is 0.0323. The third-order valence-corrected chi connectivity index (χ3v) is 5.67. The molecule has 128 valence electrons. The van der Waals surface area contributed by atoms with Crippen LogP contribution >= 0.6 is 0 Å². The lowest BCUT2D eigenvalue weighted by Crippen LogP contribution is -2.41. The van der Waals surface area contributed by atoms with Gasteiger partial charge in [0, 0.05) is 6.42 Å². The fraction of sp³-hybridized carbons (Fsp3) is 0.412. The van der Waals surface area contributed by atoms with E-state index in [0.717, 1.165) is 11.1 Å². The normalized spacial score (nSPS) is 21.5. The molecule has 6 nitrogen and oxygen atoms in total. The van der Waals surface area contributed by atoms with Crippen molar-refractivity contribution in [3.05, 3.63) is 55.8 Å². The first-order valence-corrected chi connectivity index (χ1v) is 8.89. The van der Waals surface area contributed by atoms with Gasteiger partial charge in [0.1, 0.15) is 22.4 Å². The van der Waals surface area contributed by atoms with Crippen LogP contribution in [-0.4, -0.2) is 20.2 Å². The van der Waals surface area contributed by atoms with Crippen LogP contribution in [-0.2, 0) is 17.4 Å². The zero-order valence-corrected chi connectivity index (χ0v) is 14.6. The number of benzene rings is 1. The first kappa shape index (κ1) is 16.9. The van der Waals surface area contributed by atoms with E-state index in [-0.39, 0.29) is 11.4 Å². The third-order valence-electron chi connectivity index (χ3n) is 4.17. The standard InChI is InChI=1S/C17H20N2O4S/c1-17(2,3)24(23)19-14-13(15(21)16(14)22)18-12-10-7-5-4-6-9(10)8-11(12)20/h4-7,11-12,18-20H,8H2,1-3H3/t11-,12-,24?/m1/s1. The number of fused-ring (bicyclic) bond motifs is 1. The number of hydrogen-bond acceptors (Lipinski definition) is 5. The Morgan fingerprint density at radius 1 is 1.12 bits per heavy atom. The zero-order chi connectivity index (χ0) is 17.6. The van der Waals surface area contributed by atoms with Crippen LogP contribution in [0.1, 0.15) is 37.9 Å². The van der Waals surface area contributed by atoms with E-state index in [4.69, 9.17) is 0 Å². The summed E-state index contributed by atoms with van der Waals surface area (Å²) in [5, 5.41) is 13.2. The van der Waals surface area contributed by atoms with Crippen molar-refractivity contribution < 1.29 is 9.32 Å². The van der Waals surface area contributed by atoms with E-state index in [1.165, 1.54) is 0 Å². The monoisotopic (exact) mass is 348 g/mol. The van der Waals surface area contributed by atoms with Gasteiger partial charge in [-0.1, -0.05) is 24.3 Å². The SMILES string of the molecule is CC(C)(C)S(=O)Nc1c(N[C@@H]2c3ccccc3C[C@H]2O)c(=O)c1=O. The van der Waals surface area contributed by atoms with Crippen molar-refractivity contribution in [1.29, 1.82) is 0 Å². The van der Waals surface area contributed by atoms with E-state index >= 15 is 0 Å². The summed E-state index contributed by atoms with van der Waals surface area (Å²) < 4.78 is 14.3. The average molecular weight is 348 g/mol. The van der Waals surface area contributed by atoms with Crippen LogP contribution in [0.5, 0.6) is 0 Å². The van der Waals surface area contributed by atoms with Gasteiger partial charge in [-0.25, -0.2) is 4.21 Å². The Bertz CT molecular complexity index is 878. The number of hydrogen-bond donors (Lipinski definition) is 3. The molecule has 0 aromatic heterocycles. The number of aliphatic hydroxyl groups excluding tert-OH is 1. The summed E-state index contributed by atoms with van der Waals surface area (Å²) in [6, 6.07) is 7.10. The Balaban J connectivity index is 1.87. The molecular formula is C17H20N2O4S. The summed E-state index contributed by atoms with van der Waals surface area (Å²) in [7, 11) is -1.51. The van der Waals surface area contributed by atoms with Crippen molar-refractivity contribution in [3.63, 3.8) is 0 Å². The second-order valence-corrected chi connectivity index (χ2v) is 8.95. The lowest BCUT2D eigenvalue weighted by Gasteiger charge is -2.24. The molecule has 2 aromatic carbocycles. The molecule has 2 aromatic rings. The highest BCUT2D eigenvalue weighted by Crippen LogP contribution is 2.35. The van der Waals surface area contributed by atoms with Crippen molar-refractivity contribution in [2.24, 2.45) is 0 Å². The van der Waals surface area contributed by atoms with Crippen molar-refractivity contribution >= 4 is 22.4 Å². The molecule has 0 amide bonds. The molecule has 1 unspecified atom stereocenters. The molecule has 1 aliphatic rings. The van der Waals surface area contributed by atoms with Gasteiger partial charge < -0.3 is 10.4 Å². The van der Waals surface area contributed by atoms with Gasteiger partial charge in [-0.05, 0) is 31.9 Å². The zero-order valence-electron chi connectivity index (χ0n) is 13.8. The number of anilines is 2. The van der Waals surface area contributed by atoms with Gasteiger partial charge >= 0.3 is 0 Å². The Morgan fingerprint density at radius 3 is 2.42 bits per heavy atom. The van der Waals surface area contributed by atoms with Gasteiger partial charge in [0.05, 0.1) is 16.9 Å². The smallest absolute Gasteiger partial charge is 0.254 e. The second kappa shape index (κ2) is 5.82. The average Bonchev–Trinajstić information content (AvgIpc) is 2.84. The van der Waals surface area contributed by atoms with Crippen molar-refractivity contribution in [3.8, 4) is 0 Å². The van der Waals surface area contributed by atoms with Crippen molar-refractivity contribution in [2.45, 2.75) is 44.1 Å². The summed E-state index contributed by atoms with van der Waals surface area (Å²) >= 11 is 0. The molecule has 3 N–H and O–H groups in total. The highest BCUT2D eigenvalue weighted by Gasteiger charge is 2.34. The van der Waals surface area contributed by atoms with E-state index in [1.54, 1.807) is 20.8 Å². The van der Waals surface area contributed by atoms with Gasteiger partial charge in [-0.3, -0.25) is 14.3 Å². The van der Waals surface area contributed by atoms with E-state index in [0.29, 0.717) is 6.42 Å². The van der Waals surface area contributed by atoms with Crippen LogP contribution in [0.25, 0.3) is 0 Å². The molecule has 0 aliphatic heterocycles. The molecule has 0 saturated heterocycles. The van der Waals surface area contributed by atoms with E-state index in [9.17, 15) is 18.9 Å². The van der Waals surface area contributed by atoms with Crippen LogP contribution in [0.2, 0.25) is 0 Å². The largest absolute Gasteiger partial charge is 0.390 e. The predicted molar refractivity (Wildman–Crippen MR) is 95.4 cm³/mol. The summed E-state index contributed by atoms with van der Waals surface area (Å²) in [5.41, 5.74) is 0.703.